The molecule has 2 aromatic heterocycles. The maximum Gasteiger partial charge on any atom is 0.419 e. The Morgan fingerprint density at radius 2 is 1.90 bits per heavy atom. The Morgan fingerprint density at radius 1 is 1.10 bits per heavy atom. The number of alkyl halides is 3. The summed E-state index contributed by atoms with van der Waals surface area (Å²) in [4.78, 5) is 30.1. The van der Waals surface area contributed by atoms with Gasteiger partial charge in [-0.05, 0) is 29.8 Å². The van der Waals surface area contributed by atoms with Gasteiger partial charge in [-0.15, -0.1) is 0 Å². The number of rotatable bonds is 5. The minimum absolute atomic E-state index is 0.00809. The normalized spacial score (nSPS) is 11.2. The lowest BCUT2D eigenvalue weighted by Gasteiger charge is -2.14. The fourth-order valence-corrected chi connectivity index (χ4v) is 2.51. The average Bonchev–Trinajstić information content (AvgIpc) is 2.68. The predicted molar refractivity (Wildman–Crippen MR) is 98.0 cm³/mol. The van der Waals surface area contributed by atoms with Crippen molar-refractivity contribution >= 4 is 17.4 Å². The lowest BCUT2D eigenvalue weighted by Crippen LogP contribution is -2.18. The Bertz CT molecular complexity index is 1080. The van der Waals surface area contributed by atoms with E-state index in [1.807, 2.05) is 0 Å². The molecule has 0 atom stereocenters. The molecule has 0 aliphatic carbocycles. The van der Waals surface area contributed by atoms with Crippen LogP contribution in [0.25, 0.3) is 0 Å². The van der Waals surface area contributed by atoms with Gasteiger partial charge in [0.15, 0.2) is 5.82 Å². The van der Waals surface area contributed by atoms with Crippen LogP contribution in [0.15, 0.2) is 59.7 Å². The van der Waals surface area contributed by atoms with Crippen molar-refractivity contribution in [1.82, 2.24) is 9.97 Å². The fraction of sp³-hybridized carbons (Fsp3) is 0.105. The van der Waals surface area contributed by atoms with Crippen LogP contribution in [0, 0.1) is 5.82 Å². The van der Waals surface area contributed by atoms with E-state index >= 15 is 0 Å². The summed E-state index contributed by atoms with van der Waals surface area (Å²) < 4.78 is 52.7. The Balaban J connectivity index is 1.80. The largest absolute Gasteiger partial charge is 0.419 e. The standard InChI is InChI=1S/C19H14F4N4O2/c20-16-13(19(21,22)23)4-1-5-14(16)27-18(29)12-3-2-8-24-17(12)26-10-11-6-7-15(28)25-9-11/h1-9H,10H2,(H,24,26)(H,25,28)(H,27,29). The van der Waals surface area contributed by atoms with E-state index in [2.05, 4.69) is 20.6 Å². The van der Waals surface area contributed by atoms with Crippen molar-refractivity contribution in [3.63, 3.8) is 0 Å². The number of aromatic amines is 1. The number of pyridine rings is 2. The van der Waals surface area contributed by atoms with Crippen molar-refractivity contribution in [2.75, 3.05) is 10.6 Å². The lowest BCUT2D eigenvalue weighted by atomic mass is 10.1. The molecule has 6 nitrogen and oxygen atoms in total. The molecule has 3 N–H and O–H groups in total. The van der Waals surface area contributed by atoms with Crippen LogP contribution in [0.5, 0.6) is 0 Å². The molecule has 0 radical (unpaired) electrons. The third kappa shape index (κ3) is 4.78. The fourth-order valence-electron chi connectivity index (χ4n) is 2.51. The summed E-state index contributed by atoms with van der Waals surface area (Å²) in [5, 5.41) is 5.04. The van der Waals surface area contributed by atoms with Gasteiger partial charge in [0.25, 0.3) is 5.91 Å². The maximum absolute atomic E-state index is 14.2. The number of carbonyl (C=O) groups excluding carboxylic acids is 1. The first-order valence-electron chi connectivity index (χ1n) is 8.29. The van der Waals surface area contributed by atoms with Crippen LogP contribution in [-0.2, 0) is 12.7 Å². The Morgan fingerprint density at radius 3 is 2.59 bits per heavy atom. The minimum Gasteiger partial charge on any atom is -0.365 e. The number of anilines is 2. The van der Waals surface area contributed by atoms with Crippen molar-refractivity contribution < 1.29 is 22.4 Å². The first-order chi connectivity index (χ1) is 13.8. The van der Waals surface area contributed by atoms with Gasteiger partial charge in [-0.3, -0.25) is 9.59 Å². The van der Waals surface area contributed by atoms with E-state index in [4.69, 9.17) is 0 Å². The molecular weight excluding hydrogens is 392 g/mol. The first kappa shape index (κ1) is 20.1. The third-order valence-corrected chi connectivity index (χ3v) is 3.91. The van der Waals surface area contributed by atoms with E-state index in [0.717, 1.165) is 12.1 Å². The molecule has 0 aliphatic heterocycles. The number of halogens is 4. The smallest absolute Gasteiger partial charge is 0.365 e. The van der Waals surface area contributed by atoms with Crippen LogP contribution in [0.4, 0.5) is 29.1 Å². The van der Waals surface area contributed by atoms with Gasteiger partial charge in [-0.25, -0.2) is 9.37 Å². The molecule has 3 rings (SSSR count). The molecule has 150 valence electrons. The summed E-state index contributed by atoms with van der Waals surface area (Å²) in [5.74, 6) is -2.26. The van der Waals surface area contributed by atoms with E-state index in [1.165, 1.54) is 30.6 Å². The van der Waals surface area contributed by atoms with Crippen molar-refractivity contribution in [2.45, 2.75) is 12.7 Å². The molecule has 29 heavy (non-hydrogen) atoms. The number of carbonyl (C=O) groups is 1. The molecule has 0 unspecified atom stereocenters. The second-order valence-electron chi connectivity index (χ2n) is 5.93. The monoisotopic (exact) mass is 406 g/mol. The third-order valence-electron chi connectivity index (χ3n) is 3.91. The highest BCUT2D eigenvalue weighted by Gasteiger charge is 2.35. The van der Waals surface area contributed by atoms with E-state index < -0.39 is 29.2 Å². The average molecular weight is 406 g/mol. The summed E-state index contributed by atoms with van der Waals surface area (Å²) in [6.45, 7) is 0.214. The molecular formula is C19H14F4N4O2. The molecule has 1 aromatic carbocycles. The second-order valence-corrected chi connectivity index (χ2v) is 5.93. The van der Waals surface area contributed by atoms with Gasteiger partial charge in [0.05, 0.1) is 16.8 Å². The van der Waals surface area contributed by atoms with Crippen molar-refractivity contribution in [3.05, 3.63) is 87.7 Å². The Labute approximate surface area is 161 Å². The number of hydrogen-bond donors (Lipinski definition) is 3. The first-order valence-corrected chi connectivity index (χ1v) is 8.29. The zero-order valence-electron chi connectivity index (χ0n) is 14.7. The number of nitrogens with one attached hydrogen (secondary N) is 3. The van der Waals surface area contributed by atoms with E-state index in [1.54, 1.807) is 6.07 Å². The van der Waals surface area contributed by atoms with Gasteiger partial charge in [0.2, 0.25) is 5.56 Å². The summed E-state index contributed by atoms with van der Waals surface area (Å²) in [6, 6.07) is 8.39. The maximum atomic E-state index is 14.2. The van der Waals surface area contributed by atoms with Crippen LogP contribution in [0.1, 0.15) is 21.5 Å². The zero-order valence-corrected chi connectivity index (χ0v) is 14.7. The van der Waals surface area contributed by atoms with Crippen LogP contribution < -0.4 is 16.2 Å². The highest BCUT2D eigenvalue weighted by Crippen LogP contribution is 2.34. The van der Waals surface area contributed by atoms with Gasteiger partial charge in [-0.1, -0.05) is 12.1 Å². The SMILES string of the molecule is O=C(Nc1cccc(C(F)(F)F)c1F)c1cccnc1NCc1ccc(=O)[nH]c1. The van der Waals surface area contributed by atoms with Crippen molar-refractivity contribution in [3.8, 4) is 0 Å². The van der Waals surface area contributed by atoms with Gasteiger partial charge in [0.1, 0.15) is 5.82 Å². The second kappa shape index (κ2) is 8.13. The van der Waals surface area contributed by atoms with Crippen molar-refractivity contribution in [2.24, 2.45) is 0 Å². The highest BCUT2D eigenvalue weighted by atomic mass is 19.4. The number of H-pyrrole nitrogens is 1. The molecule has 2 heterocycles. The Kier molecular flexibility index (Phi) is 5.62. The molecule has 0 bridgehead atoms. The highest BCUT2D eigenvalue weighted by molar-refractivity contribution is 6.07. The molecule has 0 aliphatic rings. The summed E-state index contributed by atoms with van der Waals surface area (Å²) in [6.07, 6.45) is -1.99. The molecule has 0 saturated carbocycles. The van der Waals surface area contributed by atoms with Crippen LogP contribution >= 0.6 is 0 Å². The van der Waals surface area contributed by atoms with E-state index in [-0.39, 0.29) is 23.5 Å². The number of aromatic nitrogens is 2. The Hall–Kier alpha value is -3.69. The molecule has 10 heteroatoms. The topological polar surface area (TPSA) is 86.9 Å². The van der Waals surface area contributed by atoms with Gasteiger partial charge >= 0.3 is 6.18 Å². The molecule has 0 spiro atoms. The quantitative estimate of drug-likeness (QED) is 0.563. The van der Waals surface area contributed by atoms with E-state index in [9.17, 15) is 27.2 Å². The molecule has 1 amide bonds. The number of hydrogen-bond acceptors (Lipinski definition) is 4. The van der Waals surface area contributed by atoms with Gasteiger partial charge in [0, 0.05) is 25.0 Å². The number of amides is 1. The van der Waals surface area contributed by atoms with Gasteiger partial charge < -0.3 is 15.6 Å². The molecule has 3 aromatic rings. The lowest BCUT2D eigenvalue weighted by molar-refractivity contribution is -0.139. The van der Waals surface area contributed by atoms with Crippen LogP contribution in [0.2, 0.25) is 0 Å². The zero-order chi connectivity index (χ0) is 21.0. The van der Waals surface area contributed by atoms with Crippen LogP contribution in [-0.4, -0.2) is 15.9 Å². The summed E-state index contributed by atoms with van der Waals surface area (Å²) in [5.41, 5.74) is -1.63. The molecule has 0 fully saturated rings. The molecule has 0 saturated heterocycles. The van der Waals surface area contributed by atoms with Gasteiger partial charge in [-0.2, -0.15) is 13.2 Å². The number of benzene rings is 1. The number of nitrogens with zero attached hydrogens (tertiary/aromatic N) is 1. The van der Waals surface area contributed by atoms with Crippen molar-refractivity contribution in [1.29, 1.82) is 0 Å². The van der Waals surface area contributed by atoms with Crippen LogP contribution in [0.3, 0.4) is 0 Å². The van der Waals surface area contributed by atoms with E-state index in [0.29, 0.717) is 11.6 Å². The summed E-state index contributed by atoms with van der Waals surface area (Å²) in [7, 11) is 0. The minimum atomic E-state index is -4.89. The predicted octanol–water partition coefficient (Wildman–Crippen LogP) is 3.79. The summed E-state index contributed by atoms with van der Waals surface area (Å²) >= 11 is 0.